The van der Waals surface area contributed by atoms with Gasteiger partial charge in [0, 0.05) is 5.57 Å². The molecule has 1 aliphatic rings. The topological polar surface area (TPSA) is 73.7 Å². The zero-order valence-electron chi connectivity index (χ0n) is 8.93. The average molecular weight is 209 g/mol. The van der Waals surface area contributed by atoms with Gasteiger partial charge in [0.25, 0.3) is 0 Å². The van der Waals surface area contributed by atoms with Crippen LogP contribution < -0.4 is 5.73 Å². The van der Waals surface area contributed by atoms with Gasteiger partial charge in [-0.1, -0.05) is 31.2 Å². The van der Waals surface area contributed by atoms with Crippen LogP contribution in [-0.4, -0.2) is 5.04 Å². The Morgan fingerprint density at radius 1 is 1.43 bits per heavy atom. The van der Waals surface area contributed by atoms with Crippen molar-refractivity contribution in [2.75, 3.05) is 0 Å². The number of nitrogens with two attached hydrogens (primary N) is 1. The standard InChI is InChI=1S/C8H9N3S.C2H6/c1-4(2)6-7(10)5(3-9)12-8(6)11;1-2/h11H,10H2,1-2H3;1-2H3. The van der Waals surface area contributed by atoms with E-state index in [1.165, 1.54) is 0 Å². The van der Waals surface area contributed by atoms with Gasteiger partial charge in [0.1, 0.15) is 16.0 Å². The van der Waals surface area contributed by atoms with Crippen molar-refractivity contribution in [1.29, 1.82) is 10.7 Å². The maximum Gasteiger partial charge on any atom is 0.115 e. The van der Waals surface area contributed by atoms with Crippen LogP contribution in [0.2, 0.25) is 0 Å². The molecule has 0 radical (unpaired) electrons. The summed E-state index contributed by atoms with van der Waals surface area (Å²) in [6, 6.07) is 1.97. The summed E-state index contributed by atoms with van der Waals surface area (Å²) in [4.78, 5) is 0.441. The van der Waals surface area contributed by atoms with Crippen LogP contribution in [0.3, 0.4) is 0 Å². The highest BCUT2D eigenvalue weighted by molar-refractivity contribution is 8.18. The molecule has 0 aromatic carbocycles. The van der Waals surface area contributed by atoms with E-state index in [0.29, 0.717) is 15.6 Å². The molecule has 0 saturated heterocycles. The van der Waals surface area contributed by atoms with Gasteiger partial charge in [-0.05, 0) is 13.8 Å². The Labute approximate surface area is 89.2 Å². The van der Waals surface area contributed by atoms with E-state index in [0.717, 1.165) is 22.9 Å². The Morgan fingerprint density at radius 2 is 1.93 bits per heavy atom. The lowest BCUT2D eigenvalue weighted by Crippen LogP contribution is -2.03. The van der Waals surface area contributed by atoms with E-state index in [1.54, 1.807) is 0 Å². The minimum Gasteiger partial charge on any atom is -0.397 e. The van der Waals surface area contributed by atoms with Crippen molar-refractivity contribution in [3.05, 3.63) is 21.7 Å². The zero-order chi connectivity index (χ0) is 11.3. The molecular formula is C10H15N3S. The predicted octanol–water partition coefficient (Wildman–Crippen LogP) is 2.77. The van der Waals surface area contributed by atoms with Gasteiger partial charge in [-0.2, -0.15) is 5.26 Å². The third-order valence-electron chi connectivity index (χ3n) is 1.55. The number of nitrogens with one attached hydrogen (secondary N) is 1. The molecule has 0 aromatic heterocycles. The smallest absolute Gasteiger partial charge is 0.115 e. The van der Waals surface area contributed by atoms with E-state index < -0.39 is 0 Å². The fraction of sp³-hybridized carbons (Fsp3) is 0.400. The molecule has 4 heteroatoms. The molecule has 1 heterocycles. The van der Waals surface area contributed by atoms with E-state index >= 15 is 0 Å². The first-order valence-electron chi connectivity index (χ1n) is 4.42. The molecule has 0 saturated carbocycles. The van der Waals surface area contributed by atoms with Crippen LogP contribution in [0, 0.1) is 16.7 Å². The number of hydrogen-bond acceptors (Lipinski definition) is 4. The first-order valence-corrected chi connectivity index (χ1v) is 5.24. The Hall–Kier alpha value is -1.21. The van der Waals surface area contributed by atoms with E-state index in [-0.39, 0.29) is 0 Å². The van der Waals surface area contributed by atoms with Gasteiger partial charge in [0.2, 0.25) is 0 Å². The minimum atomic E-state index is 0.379. The van der Waals surface area contributed by atoms with Crippen molar-refractivity contribution in [2.24, 2.45) is 5.73 Å². The second-order valence-electron chi connectivity index (χ2n) is 2.66. The molecular weight excluding hydrogens is 194 g/mol. The summed E-state index contributed by atoms with van der Waals surface area (Å²) in [5.41, 5.74) is 7.81. The molecule has 3 nitrogen and oxygen atoms in total. The summed E-state index contributed by atoms with van der Waals surface area (Å²) in [6.07, 6.45) is 0. The lowest BCUT2D eigenvalue weighted by atomic mass is 10.1. The van der Waals surface area contributed by atoms with Crippen molar-refractivity contribution in [1.82, 2.24) is 0 Å². The quantitative estimate of drug-likeness (QED) is 0.644. The van der Waals surface area contributed by atoms with Gasteiger partial charge in [0.05, 0.1) is 5.70 Å². The number of hydrogen-bond donors (Lipinski definition) is 2. The Kier molecular flexibility index (Phi) is 5.03. The van der Waals surface area contributed by atoms with Crippen LogP contribution in [-0.2, 0) is 0 Å². The van der Waals surface area contributed by atoms with E-state index in [4.69, 9.17) is 16.4 Å². The largest absolute Gasteiger partial charge is 0.397 e. The molecule has 0 atom stereocenters. The average Bonchev–Trinajstić information content (AvgIpc) is 2.44. The molecule has 14 heavy (non-hydrogen) atoms. The number of thioether (sulfide) groups is 1. The SMILES string of the molecule is CC.CC(C)=C1C(=N)SC(C#N)=C1N. The summed E-state index contributed by atoms with van der Waals surface area (Å²) in [6.45, 7) is 7.77. The maximum absolute atomic E-state index is 8.63. The molecule has 1 aliphatic heterocycles. The van der Waals surface area contributed by atoms with Gasteiger partial charge in [0.15, 0.2) is 0 Å². The summed E-state index contributed by atoms with van der Waals surface area (Å²) < 4.78 is 0. The molecule has 76 valence electrons. The second kappa shape index (κ2) is 5.51. The summed E-state index contributed by atoms with van der Waals surface area (Å²) in [7, 11) is 0. The van der Waals surface area contributed by atoms with E-state index in [2.05, 4.69) is 0 Å². The first kappa shape index (κ1) is 12.8. The summed E-state index contributed by atoms with van der Waals surface area (Å²) in [5.74, 6) is 0. The fourth-order valence-corrected chi connectivity index (χ4v) is 1.90. The Balaban J connectivity index is 0.000000791. The van der Waals surface area contributed by atoms with Gasteiger partial charge in [-0.15, -0.1) is 0 Å². The molecule has 0 aliphatic carbocycles. The normalized spacial score (nSPS) is 14.8. The van der Waals surface area contributed by atoms with Crippen LogP contribution in [0.5, 0.6) is 0 Å². The number of nitrogens with zero attached hydrogens (tertiary/aromatic N) is 1. The van der Waals surface area contributed by atoms with Crippen molar-refractivity contribution >= 4 is 16.8 Å². The Morgan fingerprint density at radius 3 is 2.14 bits per heavy atom. The van der Waals surface area contributed by atoms with Crippen molar-refractivity contribution in [3.63, 3.8) is 0 Å². The van der Waals surface area contributed by atoms with Crippen molar-refractivity contribution < 1.29 is 0 Å². The van der Waals surface area contributed by atoms with Crippen LogP contribution in [0.4, 0.5) is 0 Å². The third-order valence-corrected chi connectivity index (χ3v) is 2.47. The molecule has 0 amide bonds. The third kappa shape index (κ3) is 2.39. The molecule has 0 unspecified atom stereocenters. The minimum absolute atomic E-state index is 0.379. The highest BCUT2D eigenvalue weighted by atomic mass is 32.2. The first-order chi connectivity index (χ1) is 6.57. The van der Waals surface area contributed by atoms with Gasteiger partial charge < -0.3 is 5.73 Å². The Bertz CT molecular complexity index is 341. The summed E-state index contributed by atoms with van der Waals surface area (Å²) >= 11 is 1.13. The predicted molar refractivity (Wildman–Crippen MR) is 61.9 cm³/mol. The van der Waals surface area contributed by atoms with Crippen LogP contribution in [0.1, 0.15) is 27.7 Å². The van der Waals surface area contributed by atoms with E-state index in [9.17, 15) is 0 Å². The van der Waals surface area contributed by atoms with Crippen molar-refractivity contribution in [3.8, 4) is 6.07 Å². The van der Waals surface area contributed by atoms with Crippen LogP contribution >= 0.6 is 11.8 Å². The highest BCUT2D eigenvalue weighted by Gasteiger charge is 2.24. The van der Waals surface area contributed by atoms with Gasteiger partial charge in [-0.3, -0.25) is 5.41 Å². The number of nitriles is 1. The molecule has 3 N–H and O–H groups in total. The van der Waals surface area contributed by atoms with Crippen molar-refractivity contribution in [2.45, 2.75) is 27.7 Å². The molecule has 0 bridgehead atoms. The lowest BCUT2D eigenvalue weighted by molar-refractivity contribution is 1.27. The molecule has 1 rings (SSSR count). The van der Waals surface area contributed by atoms with Crippen LogP contribution in [0.15, 0.2) is 21.7 Å². The molecule has 0 fully saturated rings. The van der Waals surface area contributed by atoms with Crippen LogP contribution in [0.25, 0.3) is 0 Å². The maximum atomic E-state index is 8.63. The molecule has 0 aromatic rings. The molecule has 0 spiro atoms. The van der Waals surface area contributed by atoms with Gasteiger partial charge >= 0.3 is 0 Å². The monoisotopic (exact) mass is 209 g/mol. The summed E-state index contributed by atoms with van der Waals surface area (Å²) in [5, 5.41) is 16.5. The highest BCUT2D eigenvalue weighted by Crippen LogP contribution is 2.35. The second-order valence-corrected chi connectivity index (χ2v) is 3.68. The fourth-order valence-electron chi connectivity index (χ4n) is 1.02. The van der Waals surface area contributed by atoms with Gasteiger partial charge in [-0.25, -0.2) is 0 Å². The van der Waals surface area contributed by atoms with E-state index in [1.807, 2.05) is 33.8 Å². The zero-order valence-corrected chi connectivity index (χ0v) is 9.75. The number of rotatable bonds is 0. The number of allylic oxidation sites excluding steroid dienone is 3. The lowest BCUT2D eigenvalue weighted by Gasteiger charge is -2.00.